The second-order valence-corrected chi connectivity index (χ2v) is 5.65. The SMILES string of the molecule is C/C(=N\c1cccc(/N=C(\C)c2ccccc2)c1)c1ccccc1. The lowest BCUT2D eigenvalue weighted by Gasteiger charge is -2.03. The zero-order chi connectivity index (χ0) is 16.8. The molecule has 0 unspecified atom stereocenters. The van der Waals surface area contributed by atoms with Gasteiger partial charge in [-0.05, 0) is 43.2 Å². The third kappa shape index (κ3) is 4.05. The van der Waals surface area contributed by atoms with Crippen LogP contribution in [0.15, 0.2) is 94.9 Å². The van der Waals surface area contributed by atoms with E-state index < -0.39 is 0 Å². The van der Waals surface area contributed by atoms with Crippen molar-refractivity contribution in [3.8, 4) is 0 Å². The number of benzene rings is 3. The molecule has 3 aromatic carbocycles. The van der Waals surface area contributed by atoms with Crippen LogP contribution in [0, 0.1) is 0 Å². The first-order valence-corrected chi connectivity index (χ1v) is 8.04. The van der Waals surface area contributed by atoms with E-state index >= 15 is 0 Å². The summed E-state index contributed by atoms with van der Waals surface area (Å²) in [5, 5.41) is 0. The fourth-order valence-electron chi connectivity index (χ4n) is 2.51. The third-order valence-electron chi connectivity index (χ3n) is 3.81. The van der Waals surface area contributed by atoms with Crippen LogP contribution in [0.4, 0.5) is 11.4 Å². The monoisotopic (exact) mass is 312 g/mol. The van der Waals surface area contributed by atoms with Crippen LogP contribution in [0.25, 0.3) is 0 Å². The van der Waals surface area contributed by atoms with Gasteiger partial charge < -0.3 is 0 Å². The fourth-order valence-corrected chi connectivity index (χ4v) is 2.51. The van der Waals surface area contributed by atoms with Crippen molar-refractivity contribution >= 4 is 22.8 Å². The number of hydrogen-bond acceptors (Lipinski definition) is 2. The fraction of sp³-hybridized carbons (Fsp3) is 0.0909. The van der Waals surface area contributed by atoms with Crippen LogP contribution in [-0.2, 0) is 0 Å². The van der Waals surface area contributed by atoms with Gasteiger partial charge in [0, 0.05) is 11.4 Å². The van der Waals surface area contributed by atoms with E-state index in [0.717, 1.165) is 33.9 Å². The van der Waals surface area contributed by atoms with Gasteiger partial charge in [0.1, 0.15) is 0 Å². The molecule has 2 heteroatoms. The summed E-state index contributed by atoms with van der Waals surface area (Å²) >= 11 is 0. The van der Waals surface area contributed by atoms with Gasteiger partial charge in [-0.25, -0.2) is 0 Å². The van der Waals surface area contributed by atoms with E-state index in [1.54, 1.807) is 0 Å². The minimum atomic E-state index is 0.915. The minimum absolute atomic E-state index is 0.915. The van der Waals surface area contributed by atoms with Crippen molar-refractivity contribution in [1.29, 1.82) is 0 Å². The second-order valence-electron chi connectivity index (χ2n) is 5.65. The molecular formula is C22H20N2. The summed E-state index contributed by atoms with van der Waals surface area (Å²) in [4.78, 5) is 9.43. The predicted octanol–water partition coefficient (Wildman–Crippen LogP) is 5.97. The molecule has 0 bridgehead atoms. The van der Waals surface area contributed by atoms with E-state index in [1.807, 2.05) is 74.5 Å². The smallest absolute Gasteiger partial charge is 0.0654 e. The van der Waals surface area contributed by atoms with Gasteiger partial charge in [-0.1, -0.05) is 66.7 Å². The van der Waals surface area contributed by atoms with Crippen molar-refractivity contribution in [1.82, 2.24) is 0 Å². The Morgan fingerprint density at radius 2 is 0.958 bits per heavy atom. The lowest BCUT2D eigenvalue weighted by atomic mass is 10.1. The van der Waals surface area contributed by atoms with Gasteiger partial charge in [-0.15, -0.1) is 0 Å². The maximum Gasteiger partial charge on any atom is 0.0654 e. The summed E-state index contributed by atoms with van der Waals surface area (Å²) < 4.78 is 0. The second kappa shape index (κ2) is 7.51. The molecule has 0 amide bonds. The summed E-state index contributed by atoms with van der Waals surface area (Å²) in [5.41, 5.74) is 6.09. The van der Waals surface area contributed by atoms with Crippen LogP contribution >= 0.6 is 0 Å². The number of hydrogen-bond donors (Lipinski definition) is 0. The highest BCUT2D eigenvalue weighted by Gasteiger charge is 2.00. The lowest BCUT2D eigenvalue weighted by molar-refractivity contribution is 1.43. The van der Waals surface area contributed by atoms with E-state index in [1.165, 1.54) is 0 Å². The molecule has 0 heterocycles. The first kappa shape index (κ1) is 15.9. The Hall–Kier alpha value is -3.00. The van der Waals surface area contributed by atoms with Crippen molar-refractivity contribution in [2.45, 2.75) is 13.8 Å². The molecule has 0 atom stereocenters. The largest absolute Gasteiger partial charge is 0.253 e. The van der Waals surface area contributed by atoms with Crippen LogP contribution < -0.4 is 0 Å². The molecular weight excluding hydrogens is 292 g/mol. The number of rotatable bonds is 4. The summed E-state index contributed by atoms with van der Waals surface area (Å²) in [5.74, 6) is 0. The van der Waals surface area contributed by atoms with Gasteiger partial charge in [0.05, 0.1) is 11.4 Å². The molecule has 0 spiro atoms. The highest BCUT2D eigenvalue weighted by atomic mass is 14.8. The molecule has 0 aliphatic heterocycles. The maximum absolute atomic E-state index is 4.72. The summed E-state index contributed by atoms with van der Waals surface area (Å²) in [7, 11) is 0. The van der Waals surface area contributed by atoms with Crippen molar-refractivity contribution in [3.05, 3.63) is 96.1 Å². The average molecular weight is 312 g/mol. The van der Waals surface area contributed by atoms with Crippen molar-refractivity contribution in [2.24, 2.45) is 9.98 Å². The van der Waals surface area contributed by atoms with Gasteiger partial charge in [0.2, 0.25) is 0 Å². The van der Waals surface area contributed by atoms with E-state index in [9.17, 15) is 0 Å². The van der Waals surface area contributed by atoms with E-state index in [-0.39, 0.29) is 0 Å². The Kier molecular flexibility index (Phi) is 4.97. The zero-order valence-corrected chi connectivity index (χ0v) is 14.0. The van der Waals surface area contributed by atoms with Crippen LogP contribution in [0.5, 0.6) is 0 Å². The van der Waals surface area contributed by atoms with Gasteiger partial charge in [0.25, 0.3) is 0 Å². The molecule has 0 saturated carbocycles. The minimum Gasteiger partial charge on any atom is -0.253 e. The molecule has 118 valence electrons. The van der Waals surface area contributed by atoms with Crippen molar-refractivity contribution in [3.63, 3.8) is 0 Å². The van der Waals surface area contributed by atoms with Crippen LogP contribution in [0.2, 0.25) is 0 Å². The van der Waals surface area contributed by atoms with Crippen molar-refractivity contribution in [2.75, 3.05) is 0 Å². The van der Waals surface area contributed by atoms with Gasteiger partial charge >= 0.3 is 0 Å². The molecule has 0 aromatic heterocycles. The zero-order valence-electron chi connectivity index (χ0n) is 14.0. The standard InChI is InChI=1S/C22H20N2/c1-17(19-10-5-3-6-11-19)23-21-14-9-15-22(16-21)24-18(2)20-12-7-4-8-13-20/h3-16H,1-2H3/b23-17+,24-18+. The number of aliphatic imine (C=N–C) groups is 2. The summed E-state index contributed by atoms with van der Waals surface area (Å²) in [6, 6.07) is 28.4. The highest BCUT2D eigenvalue weighted by molar-refractivity contribution is 6.01. The summed E-state index contributed by atoms with van der Waals surface area (Å²) in [6.45, 7) is 4.06. The average Bonchev–Trinajstić information content (AvgIpc) is 2.63. The Balaban J connectivity index is 1.87. The molecule has 0 radical (unpaired) electrons. The molecule has 0 fully saturated rings. The van der Waals surface area contributed by atoms with E-state index in [0.29, 0.717) is 0 Å². The molecule has 3 rings (SSSR count). The maximum atomic E-state index is 4.72. The van der Waals surface area contributed by atoms with Crippen LogP contribution in [0.3, 0.4) is 0 Å². The first-order chi connectivity index (χ1) is 11.7. The molecule has 0 saturated heterocycles. The Morgan fingerprint density at radius 1 is 0.542 bits per heavy atom. The predicted molar refractivity (Wildman–Crippen MR) is 103 cm³/mol. The molecule has 0 N–H and O–H groups in total. The molecule has 0 aliphatic carbocycles. The van der Waals surface area contributed by atoms with E-state index in [4.69, 9.17) is 9.98 Å². The molecule has 24 heavy (non-hydrogen) atoms. The highest BCUT2D eigenvalue weighted by Crippen LogP contribution is 2.22. The molecule has 3 aromatic rings. The topological polar surface area (TPSA) is 24.7 Å². The Bertz CT molecular complexity index is 792. The third-order valence-corrected chi connectivity index (χ3v) is 3.81. The molecule has 2 nitrogen and oxygen atoms in total. The number of nitrogens with zero attached hydrogens (tertiary/aromatic N) is 2. The van der Waals surface area contributed by atoms with Gasteiger partial charge in [-0.3, -0.25) is 9.98 Å². The van der Waals surface area contributed by atoms with Crippen LogP contribution in [0.1, 0.15) is 25.0 Å². The van der Waals surface area contributed by atoms with Crippen molar-refractivity contribution < 1.29 is 0 Å². The van der Waals surface area contributed by atoms with Crippen LogP contribution in [-0.4, -0.2) is 11.4 Å². The molecule has 0 aliphatic rings. The quantitative estimate of drug-likeness (QED) is 0.530. The first-order valence-electron chi connectivity index (χ1n) is 8.04. The normalized spacial score (nSPS) is 12.2. The van der Waals surface area contributed by atoms with E-state index in [2.05, 4.69) is 24.3 Å². The lowest BCUT2D eigenvalue weighted by Crippen LogP contribution is -1.93. The summed E-state index contributed by atoms with van der Waals surface area (Å²) in [6.07, 6.45) is 0. The van der Waals surface area contributed by atoms with Gasteiger partial charge in [-0.2, -0.15) is 0 Å². The Labute approximate surface area is 143 Å². The van der Waals surface area contributed by atoms with Gasteiger partial charge in [0.15, 0.2) is 0 Å². The Morgan fingerprint density at radius 3 is 1.38 bits per heavy atom.